The summed E-state index contributed by atoms with van der Waals surface area (Å²) >= 11 is 5.14. The molecule has 0 amide bonds. The Morgan fingerprint density at radius 1 is 1.38 bits per heavy atom. The third-order valence-electron chi connectivity index (χ3n) is 2.41. The highest BCUT2D eigenvalue weighted by Crippen LogP contribution is 2.22. The van der Waals surface area contributed by atoms with Gasteiger partial charge in [-0.25, -0.2) is 0 Å². The molecule has 2 heteroatoms. The van der Waals surface area contributed by atoms with Gasteiger partial charge < -0.3 is 5.32 Å². The lowest BCUT2D eigenvalue weighted by Gasteiger charge is -2.17. The molecule has 0 aromatic rings. The van der Waals surface area contributed by atoms with Gasteiger partial charge in [0.1, 0.15) is 0 Å². The zero-order valence-electron chi connectivity index (χ0n) is 7.71. The fourth-order valence-electron chi connectivity index (χ4n) is 1.58. The zero-order chi connectivity index (χ0) is 9.26. The van der Waals surface area contributed by atoms with Gasteiger partial charge in [-0.2, -0.15) is 0 Å². The van der Waals surface area contributed by atoms with E-state index in [2.05, 4.69) is 36.5 Å². The Balaban J connectivity index is 0.000000980. The summed E-state index contributed by atoms with van der Waals surface area (Å²) in [6.07, 6.45) is 10.9. The first kappa shape index (κ1) is 8.70. The smallest absolute Gasteiger partial charge is 0.0800 e. The highest BCUT2D eigenvalue weighted by molar-refractivity contribution is 7.80. The fraction of sp³-hybridized carbons (Fsp3) is 0.364. The van der Waals surface area contributed by atoms with Gasteiger partial charge in [0, 0.05) is 13.5 Å². The van der Waals surface area contributed by atoms with Crippen molar-refractivity contribution in [2.24, 2.45) is 5.92 Å². The summed E-state index contributed by atoms with van der Waals surface area (Å²) in [7, 11) is 0. The van der Waals surface area contributed by atoms with Crippen LogP contribution in [0.4, 0.5) is 0 Å². The second-order valence-electron chi connectivity index (χ2n) is 3.56. The molecule has 0 aromatic carbocycles. The Morgan fingerprint density at radius 3 is 3.00 bits per heavy atom. The molecule has 70 valence electrons. The highest BCUT2D eigenvalue weighted by atomic mass is 32.1. The van der Waals surface area contributed by atoms with E-state index in [1.165, 1.54) is 11.3 Å². The average Bonchev–Trinajstić information content (AvgIpc) is 2.29. The zero-order valence-corrected chi connectivity index (χ0v) is 8.53. The quantitative estimate of drug-likeness (QED) is 0.594. The summed E-state index contributed by atoms with van der Waals surface area (Å²) in [5.74, 6) is 0.529. The van der Waals surface area contributed by atoms with Crippen molar-refractivity contribution in [3.8, 4) is 0 Å². The molecule has 1 nitrogen and oxygen atoms in total. The molecule has 0 spiro atoms. The minimum absolute atomic E-state index is 0. The molecule has 0 saturated heterocycles. The predicted octanol–water partition coefficient (Wildman–Crippen LogP) is 2.96. The van der Waals surface area contributed by atoms with Crippen molar-refractivity contribution < 1.29 is 1.43 Å². The summed E-state index contributed by atoms with van der Waals surface area (Å²) in [4.78, 5) is 0.964. The van der Waals surface area contributed by atoms with E-state index >= 15 is 0 Å². The van der Waals surface area contributed by atoms with Gasteiger partial charge in [-0.05, 0) is 24.0 Å². The van der Waals surface area contributed by atoms with Crippen molar-refractivity contribution in [1.29, 1.82) is 0 Å². The molecule has 13 heavy (non-hydrogen) atoms. The minimum Gasteiger partial charge on any atom is -0.350 e. The second kappa shape index (κ2) is 3.46. The summed E-state index contributed by atoms with van der Waals surface area (Å²) in [6.45, 7) is 2.18. The average molecular weight is 193 g/mol. The molecule has 1 aliphatic carbocycles. The Morgan fingerprint density at radius 2 is 2.15 bits per heavy atom. The van der Waals surface area contributed by atoms with Crippen LogP contribution in [0, 0.1) is 5.92 Å². The van der Waals surface area contributed by atoms with E-state index in [0.717, 1.165) is 17.8 Å². The Labute approximate surface area is 85.7 Å². The molecule has 1 aliphatic heterocycles. The van der Waals surface area contributed by atoms with Crippen LogP contribution in [0.2, 0.25) is 0 Å². The maximum absolute atomic E-state index is 5.14. The summed E-state index contributed by atoms with van der Waals surface area (Å²) in [5, 5.41) is 3.25. The van der Waals surface area contributed by atoms with Crippen molar-refractivity contribution in [3.63, 3.8) is 0 Å². The summed E-state index contributed by atoms with van der Waals surface area (Å²) < 4.78 is 0. The highest BCUT2D eigenvalue weighted by Gasteiger charge is 2.13. The summed E-state index contributed by atoms with van der Waals surface area (Å²) in [5.41, 5.74) is 2.58. The third kappa shape index (κ3) is 1.89. The van der Waals surface area contributed by atoms with E-state index < -0.39 is 0 Å². The lowest BCUT2D eigenvalue weighted by molar-refractivity contribution is 0.931. The number of hydrogen-bond donors (Lipinski definition) is 1. The molecule has 0 aromatic heterocycles. The molecule has 1 unspecified atom stereocenters. The first-order chi connectivity index (χ1) is 6.25. The molecular formula is C11H15NS. The van der Waals surface area contributed by atoms with Gasteiger partial charge in [0.05, 0.1) is 4.99 Å². The van der Waals surface area contributed by atoms with Crippen LogP contribution in [0.3, 0.4) is 0 Å². The van der Waals surface area contributed by atoms with Crippen LogP contribution < -0.4 is 5.32 Å². The number of thiocarbonyl (C=S) groups is 1. The number of hydrogen-bond acceptors (Lipinski definition) is 1. The van der Waals surface area contributed by atoms with Gasteiger partial charge in [-0.15, -0.1) is 0 Å². The fourth-order valence-corrected chi connectivity index (χ4v) is 1.79. The molecule has 2 rings (SSSR count). The van der Waals surface area contributed by atoms with Crippen LogP contribution >= 0.6 is 12.2 Å². The van der Waals surface area contributed by atoms with Gasteiger partial charge >= 0.3 is 0 Å². The Kier molecular flexibility index (Phi) is 2.32. The number of nitrogens with one attached hydrogen (secondary N) is 1. The van der Waals surface area contributed by atoms with Crippen LogP contribution in [-0.4, -0.2) is 4.99 Å². The number of rotatable bonds is 0. The van der Waals surface area contributed by atoms with E-state index in [0.29, 0.717) is 5.92 Å². The molecule has 1 heterocycles. The summed E-state index contributed by atoms with van der Waals surface area (Å²) in [6, 6.07) is 0. The molecule has 2 aliphatic rings. The number of allylic oxidation sites excluding steroid dienone is 5. The predicted molar refractivity (Wildman–Crippen MR) is 61.6 cm³/mol. The van der Waals surface area contributed by atoms with Gasteiger partial charge in [-0.1, -0.05) is 37.4 Å². The molecule has 0 saturated carbocycles. The molecule has 1 N–H and O–H groups in total. The molecule has 0 fully saturated rings. The van der Waals surface area contributed by atoms with Crippen LogP contribution in [0.1, 0.15) is 21.2 Å². The van der Waals surface area contributed by atoms with Crippen LogP contribution in [0.5, 0.6) is 0 Å². The van der Waals surface area contributed by atoms with Crippen LogP contribution in [0.25, 0.3) is 0 Å². The third-order valence-corrected chi connectivity index (χ3v) is 2.72. The molecular weight excluding hydrogens is 178 g/mol. The normalized spacial score (nSPS) is 26.8. The minimum atomic E-state index is 0. The van der Waals surface area contributed by atoms with E-state index in [9.17, 15) is 0 Å². The monoisotopic (exact) mass is 193 g/mol. The van der Waals surface area contributed by atoms with E-state index in [-0.39, 0.29) is 1.43 Å². The van der Waals surface area contributed by atoms with Crippen LogP contribution in [-0.2, 0) is 0 Å². The Bertz CT molecular complexity index is 328. The van der Waals surface area contributed by atoms with Crippen molar-refractivity contribution in [2.45, 2.75) is 19.8 Å². The topological polar surface area (TPSA) is 12.0 Å². The first-order valence-electron chi connectivity index (χ1n) is 4.65. The van der Waals surface area contributed by atoms with Gasteiger partial charge in [0.25, 0.3) is 0 Å². The van der Waals surface area contributed by atoms with E-state index in [4.69, 9.17) is 12.2 Å². The van der Waals surface area contributed by atoms with Crippen LogP contribution in [0.15, 0.2) is 35.6 Å². The maximum atomic E-state index is 5.14. The second-order valence-corrected chi connectivity index (χ2v) is 4.06. The molecule has 1 atom stereocenters. The Hall–Kier alpha value is -0.890. The van der Waals surface area contributed by atoms with Crippen molar-refractivity contribution in [2.75, 3.05) is 0 Å². The first-order valence-corrected chi connectivity index (χ1v) is 5.06. The van der Waals surface area contributed by atoms with Crippen molar-refractivity contribution in [3.05, 3.63) is 35.6 Å². The maximum Gasteiger partial charge on any atom is 0.0800 e. The van der Waals surface area contributed by atoms with E-state index in [1.54, 1.807) is 0 Å². The standard InChI is InChI=1S/C11H13NS.H2/c1-8-2-4-9-5-7-11(13)12-10(9)6-3-8;/h2-4,6,8H,5,7H2,1H3,(H,12,13);1H. The molecule has 0 bridgehead atoms. The van der Waals surface area contributed by atoms with Crippen molar-refractivity contribution in [1.82, 2.24) is 5.32 Å². The van der Waals surface area contributed by atoms with Gasteiger partial charge in [0.2, 0.25) is 0 Å². The van der Waals surface area contributed by atoms with Gasteiger partial charge in [0.15, 0.2) is 0 Å². The lowest BCUT2D eigenvalue weighted by Crippen LogP contribution is -2.24. The molecule has 0 radical (unpaired) electrons. The van der Waals surface area contributed by atoms with Crippen molar-refractivity contribution >= 4 is 17.2 Å². The SMILES string of the molecule is CC1C=CC2=C(C=C1)NC(=S)CC2.[HH]. The van der Waals surface area contributed by atoms with E-state index in [1.807, 2.05) is 0 Å². The van der Waals surface area contributed by atoms with Gasteiger partial charge in [-0.3, -0.25) is 0 Å². The lowest BCUT2D eigenvalue weighted by atomic mass is 10.0. The largest absolute Gasteiger partial charge is 0.350 e.